The van der Waals surface area contributed by atoms with Crippen molar-refractivity contribution in [1.82, 2.24) is 0 Å². The van der Waals surface area contributed by atoms with Crippen LogP contribution in [-0.4, -0.2) is 0 Å². The van der Waals surface area contributed by atoms with E-state index in [9.17, 15) is 4.39 Å². The van der Waals surface area contributed by atoms with E-state index in [4.69, 9.17) is 16.3 Å². The quantitative estimate of drug-likeness (QED) is 0.432. The fourth-order valence-electron chi connectivity index (χ4n) is 1.61. The topological polar surface area (TPSA) is 9.23 Å². The molecule has 1 nitrogen and oxygen atoms in total. The fourth-order valence-corrected chi connectivity index (χ4v) is 2.77. The number of ether oxygens (including phenoxy) is 1. The summed E-state index contributed by atoms with van der Waals surface area (Å²) in [5.41, 5.74) is 2.14. The Bertz CT molecular complexity index is 617. The lowest BCUT2D eigenvalue weighted by Gasteiger charge is -2.12. The largest absolute Gasteiger partial charge is 0.456 e. The number of aryl methyl sites for hydroxylation is 1. The molecule has 2 aromatic carbocycles. The van der Waals surface area contributed by atoms with E-state index in [1.165, 1.54) is 12.1 Å². The van der Waals surface area contributed by atoms with Crippen LogP contribution in [0.25, 0.3) is 0 Å². The third kappa shape index (κ3) is 3.50. The molecule has 0 aliphatic carbocycles. The van der Waals surface area contributed by atoms with Crippen molar-refractivity contribution in [2.24, 2.45) is 0 Å². The first-order valence-electron chi connectivity index (χ1n) is 5.49. The molecule has 0 amide bonds. The summed E-state index contributed by atoms with van der Waals surface area (Å²) in [6, 6.07) is 8.58. The summed E-state index contributed by atoms with van der Waals surface area (Å²) in [5, 5.41) is 0.724. The predicted molar refractivity (Wildman–Crippen MR) is 83.0 cm³/mol. The van der Waals surface area contributed by atoms with Gasteiger partial charge in [-0.25, -0.2) is 4.39 Å². The van der Waals surface area contributed by atoms with E-state index in [1.807, 2.05) is 25.1 Å². The summed E-state index contributed by atoms with van der Waals surface area (Å²) in [6.45, 7) is 2.01. The van der Waals surface area contributed by atoms with Crippen LogP contribution in [0.3, 0.4) is 0 Å². The molecule has 0 N–H and O–H groups in total. The molecule has 0 atom stereocenters. The second kappa shape index (κ2) is 6.25. The third-order valence-corrected chi connectivity index (χ3v) is 4.07. The van der Waals surface area contributed by atoms with E-state index in [0.29, 0.717) is 21.3 Å². The maximum absolute atomic E-state index is 13.5. The van der Waals surface area contributed by atoms with Gasteiger partial charge in [0.1, 0.15) is 17.3 Å². The summed E-state index contributed by atoms with van der Waals surface area (Å²) in [5.74, 6) is 0.574. The molecule has 19 heavy (non-hydrogen) atoms. The van der Waals surface area contributed by atoms with E-state index >= 15 is 0 Å². The summed E-state index contributed by atoms with van der Waals surface area (Å²) < 4.78 is 19.8. The molecular formula is C14H10Br2ClFO. The van der Waals surface area contributed by atoms with Crippen molar-refractivity contribution >= 4 is 43.5 Å². The van der Waals surface area contributed by atoms with Gasteiger partial charge in [0.05, 0.1) is 9.50 Å². The molecule has 0 aromatic heterocycles. The van der Waals surface area contributed by atoms with Crippen molar-refractivity contribution in [1.29, 1.82) is 0 Å². The van der Waals surface area contributed by atoms with Crippen LogP contribution in [-0.2, 0) is 5.33 Å². The van der Waals surface area contributed by atoms with Crippen LogP contribution in [0.5, 0.6) is 11.5 Å². The van der Waals surface area contributed by atoms with Gasteiger partial charge in [-0.1, -0.05) is 45.2 Å². The molecule has 0 fully saturated rings. The molecule has 0 saturated carbocycles. The highest BCUT2D eigenvalue weighted by atomic mass is 79.9. The first-order valence-corrected chi connectivity index (χ1v) is 7.78. The Kier molecular flexibility index (Phi) is 4.87. The minimum absolute atomic E-state index is 0.0591. The Balaban J connectivity index is 2.39. The van der Waals surface area contributed by atoms with Crippen LogP contribution >= 0.6 is 43.5 Å². The molecule has 2 rings (SSSR count). The van der Waals surface area contributed by atoms with Crippen LogP contribution in [0.4, 0.5) is 4.39 Å². The number of halogens is 4. The zero-order valence-electron chi connectivity index (χ0n) is 10.0. The number of rotatable bonds is 3. The van der Waals surface area contributed by atoms with E-state index in [0.717, 1.165) is 11.1 Å². The third-order valence-electron chi connectivity index (χ3n) is 2.55. The van der Waals surface area contributed by atoms with Gasteiger partial charge in [-0.15, -0.1) is 0 Å². The Hall–Kier alpha value is -0.580. The fraction of sp³-hybridized carbons (Fsp3) is 0.143. The summed E-state index contributed by atoms with van der Waals surface area (Å²) in [7, 11) is 0. The Labute approximate surface area is 133 Å². The summed E-state index contributed by atoms with van der Waals surface area (Å²) in [4.78, 5) is 0. The molecule has 0 aliphatic rings. The maximum atomic E-state index is 13.5. The van der Waals surface area contributed by atoms with Gasteiger partial charge in [-0.2, -0.15) is 0 Å². The number of hydrogen-bond acceptors (Lipinski definition) is 1. The van der Waals surface area contributed by atoms with Crippen molar-refractivity contribution < 1.29 is 9.13 Å². The first-order chi connectivity index (χ1) is 9.01. The zero-order valence-corrected chi connectivity index (χ0v) is 13.9. The molecular weight excluding hydrogens is 398 g/mol. The molecule has 0 heterocycles. The maximum Gasteiger partial charge on any atom is 0.145 e. The first kappa shape index (κ1) is 14.8. The second-order valence-corrected chi connectivity index (χ2v) is 5.87. The van der Waals surface area contributed by atoms with E-state index < -0.39 is 5.82 Å². The summed E-state index contributed by atoms with van der Waals surface area (Å²) in [6.07, 6.45) is 0. The van der Waals surface area contributed by atoms with Gasteiger partial charge in [0.15, 0.2) is 0 Å². The molecule has 0 saturated heterocycles. The lowest BCUT2D eigenvalue weighted by atomic mass is 10.1. The van der Waals surface area contributed by atoms with Gasteiger partial charge in [0.25, 0.3) is 0 Å². The standard InChI is InChI=1S/C14H10Br2ClFO/c1-8-2-3-13(9(4-8)7-15)19-14-6-12(18)11(17)5-10(14)16/h2-6H,7H2,1H3. The van der Waals surface area contributed by atoms with Gasteiger partial charge >= 0.3 is 0 Å². The molecule has 0 aliphatic heterocycles. The SMILES string of the molecule is Cc1ccc(Oc2cc(F)c(Cl)cc2Br)c(CBr)c1. The smallest absolute Gasteiger partial charge is 0.145 e. The van der Waals surface area contributed by atoms with E-state index in [1.54, 1.807) is 0 Å². The normalized spacial score (nSPS) is 10.6. The second-order valence-electron chi connectivity index (χ2n) is 4.04. The van der Waals surface area contributed by atoms with Crippen molar-refractivity contribution in [3.63, 3.8) is 0 Å². The Morgan fingerprint density at radius 2 is 1.95 bits per heavy atom. The molecule has 2 aromatic rings. The minimum atomic E-state index is -0.507. The molecule has 0 unspecified atom stereocenters. The predicted octanol–water partition coefficient (Wildman–Crippen LogP) is 6.24. The van der Waals surface area contributed by atoms with Gasteiger partial charge in [-0.05, 0) is 35.0 Å². The van der Waals surface area contributed by atoms with Gasteiger partial charge < -0.3 is 4.74 Å². The van der Waals surface area contributed by atoms with E-state index in [-0.39, 0.29) is 5.02 Å². The highest BCUT2D eigenvalue weighted by Crippen LogP contribution is 2.35. The van der Waals surface area contributed by atoms with Crippen molar-refractivity contribution in [2.75, 3.05) is 0 Å². The van der Waals surface area contributed by atoms with Gasteiger partial charge in [0.2, 0.25) is 0 Å². The van der Waals surface area contributed by atoms with Crippen molar-refractivity contribution in [2.45, 2.75) is 12.3 Å². The molecule has 0 bridgehead atoms. The van der Waals surface area contributed by atoms with Gasteiger partial charge in [0, 0.05) is 17.0 Å². The highest BCUT2D eigenvalue weighted by molar-refractivity contribution is 9.10. The monoisotopic (exact) mass is 406 g/mol. The van der Waals surface area contributed by atoms with Crippen LogP contribution in [0.1, 0.15) is 11.1 Å². The van der Waals surface area contributed by atoms with Crippen LogP contribution < -0.4 is 4.74 Å². The van der Waals surface area contributed by atoms with Crippen LogP contribution in [0.15, 0.2) is 34.8 Å². The lowest BCUT2D eigenvalue weighted by Crippen LogP contribution is -1.92. The average molecular weight is 408 g/mol. The highest BCUT2D eigenvalue weighted by Gasteiger charge is 2.11. The molecule has 0 spiro atoms. The minimum Gasteiger partial charge on any atom is -0.456 e. The molecule has 5 heteroatoms. The Morgan fingerprint density at radius 3 is 2.63 bits per heavy atom. The number of benzene rings is 2. The Morgan fingerprint density at radius 1 is 1.21 bits per heavy atom. The van der Waals surface area contributed by atoms with Crippen molar-refractivity contribution in [3.05, 3.63) is 56.8 Å². The van der Waals surface area contributed by atoms with Crippen LogP contribution in [0.2, 0.25) is 5.02 Å². The molecule has 0 radical (unpaired) electrons. The van der Waals surface area contributed by atoms with Crippen LogP contribution in [0, 0.1) is 12.7 Å². The van der Waals surface area contributed by atoms with Crippen molar-refractivity contribution in [3.8, 4) is 11.5 Å². The number of hydrogen-bond donors (Lipinski definition) is 0. The van der Waals surface area contributed by atoms with E-state index in [2.05, 4.69) is 31.9 Å². The zero-order chi connectivity index (χ0) is 14.0. The van der Waals surface area contributed by atoms with Gasteiger partial charge in [-0.3, -0.25) is 0 Å². The lowest BCUT2D eigenvalue weighted by molar-refractivity contribution is 0.470. The summed E-state index contributed by atoms with van der Waals surface area (Å²) >= 11 is 12.4. The molecule has 100 valence electrons. The number of alkyl halides is 1. The average Bonchev–Trinajstić information content (AvgIpc) is 2.37.